The van der Waals surface area contributed by atoms with Crippen LogP contribution in [0.4, 0.5) is 5.69 Å². The van der Waals surface area contributed by atoms with E-state index in [1.54, 1.807) is 28.7 Å². The highest BCUT2D eigenvalue weighted by Gasteiger charge is 2.26. The fraction of sp³-hybridized carbons (Fsp3) is 0.250. The van der Waals surface area contributed by atoms with Crippen LogP contribution in [0, 0.1) is 5.92 Å². The predicted octanol–water partition coefficient (Wildman–Crippen LogP) is 3.05. The van der Waals surface area contributed by atoms with Gasteiger partial charge in [-0.3, -0.25) is 14.6 Å². The summed E-state index contributed by atoms with van der Waals surface area (Å²) in [6.07, 6.45) is 4.76. The smallest absolute Gasteiger partial charge is 0.227 e. The van der Waals surface area contributed by atoms with Crippen molar-refractivity contribution < 1.29 is 9.59 Å². The molecule has 0 saturated carbocycles. The highest BCUT2D eigenvalue weighted by atomic mass is 16.2. The standard InChI is InChI=1S/C24H23N7O2/c1-16(32)30-13-9-18(10-14-30)24(33)26-20-4-2-3-19(15-20)21-5-6-22-27-28-23(31(22)29-21)17-7-11-25-12-8-17/h2-8,11-12,15,18H,9-10,13-14H2,1H3,(H,26,33). The Kier molecular flexibility index (Phi) is 5.52. The lowest BCUT2D eigenvalue weighted by Gasteiger charge is -2.30. The second-order valence-electron chi connectivity index (χ2n) is 8.10. The van der Waals surface area contributed by atoms with Gasteiger partial charge in [-0.15, -0.1) is 10.2 Å². The van der Waals surface area contributed by atoms with Crippen molar-refractivity contribution in [1.29, 1.82) is 0 Å². The average Bonchev–Trinajstić information content (AvgIpc) is 3.28. The number of hydrogen-bond acceptors (Lipinski definition) is 6. The summed E-state index contributed by atoms with van der Waals surface area (Å²) in [4.78, 5) is 30.1. The molecule has 1 aliphatic rings. The number of piperidine rings is 1. The van der Waals surface area contributed by atoms with Crippen molar-refractivity contribution in [2.45, 2.75) is 19.8 Å². The van der Waals surface area contributed by atoms with E-state index in [1.165, 1.54) is 0 Å². The summed E-state index contributed by atoms with van der Waals surface area (Å²) in [6.45, 7) is 2.81. The average molecular weight is 441 g/mol. The van der Waals surface area contributed by atoms with Crippen LogP contribution in [-0.4, -0.2) is 54.6 Å². The number of pyridine rings is 1. The van der Waals surface area contributed by atoms with Crippen LogP contribution < -0.4 is 5.32 Å². The second kappa shape index (κ2) is 8.78. The van der Waals surface area contributed by atoms with Gasteiger partial charge in [-0.05, 0) is 49.2 Å². The van der Waals surface area contributed by atoms with Gasteiger partial charge >= 0.3 is 0 Å². The van der Waals surface area contributed by atoms with E-state index >= 15 is 0 Å². The second-order valence-corrected chi connectivity index (χ2v) is 8.10. The van der Waals surface area contributed by atoms with Crippen molar-refractivity contribution in [1.82, 2.24) is 29.7 Å². The summed E-state index contributed by atoms with van der Waals surface area (Å²) in [5.41, 5.74) is 3.84. The third kappa shape index (κ3) is 4.30. The first-order valence-electron chi connectivity index (χ1n) is 10.9. The Morgan fingerprint density at radius 3 is 2.52 bits per heavy atom. The lowest BCUT2D eigenvalue weighted by molar-refractivity contribution is -0.132. The molecule has 3 aromatic heterocycles. The van der Waals surface area contributed by atoms with E-state index < -0.39 is 0 Å². The van der Waals surface area contributed by atoms with Gasteiger partial charge in [0.15, 0.2) is 11.5 Å². The molecule has 0 radical (unpaired) electrons. The zero-order valence-corrected chi connectivity index (χ0v) is 18.2. The fourth-order valence-corrected chi connectivity index (χ4v) is 4.08. The number of nitrogens with one attached hydrogen (secondary N) is 1. The Hall–Kier alpha value is -4.14. The van der Waals surface area contributed by atoms with E-state index in [-0.39, 0.29) is 17.7 Å². The first kappa shape index (κ1) is 20.7. The van der Waals surface area contributed by atoms with Crippen LogP contribution in [0.5, 0.6) is 0 Å². The summed E-state index contributed by atoms with van der Waals surface area (Å²) in [7, 11) is 0. The summed E-state index contributed by atoms with van der Waals surface area (Å²) < 4.78 is 1.71. The van der Waals surface area contributed by atoms with Crippen LogP contribution >= 0.6 is 0 Å². The number of anilines is 1. The third-order valence-electron chi connectivity index (χ3n) is 5.94. The first-order valence-corrected chi connectivity index (χ1v) is 10.9. The van der Waals surface area contributed by atoms with Crippen molar-refractivity contribution >= 4 is 23.1 Å². The molecule has 166 valence electrons. The van der Waals surface area contributed by atoms with Crippen molar-refractivity contribution in [2.24, 2.45) is 5.92 Å². The van der Waals surface area contributed by atoms with Crippen molar-refractivity contribution in [3.63, 3.8) is 0 Å². The van der Waals surface area contributed by atoms with E-state index in [2.05, 4.69) is 20.5 Å². The Labute approximate surface area is 190 Å². The van der Waals surface area contributed by atoms with E-state index in [0.29, 0.717) is 43.1 Å². The van der Waals surface area contributed by atoms with E-state index in [4.69, 9.17) is 5.10 Å². The number of rotatable bonds is 4. The van der Waals surface area contributed by atoms with Crippen LogP contribution in [0.15, 0.2) is 60.9 Å². The SMILES string of the molecule is CC(=O)N1CCC(C(=O)Nc2cccc(-c3ccc4nnc(-c5ccncc5)n4n3)c2)CC1. The van der Waals surface area contributed by atoms with E-state index in [1.807, 2.05) is 48.5 Å². The maximum Gasteiger partial charge on any atom is 0.227 e. The number of carbonyl (C=O) groups excluding carboxylic acids is 2. The number of benzene rings is 1. The van der Waals surface area contributed by atoms with Gasteiger partial charge in [0.05, 0.1) is 5.69 Å². The van der Waals surface area contributed by atoms with Crippen molar-refractivity contribution in [2.75, 3.05) is 18.4 Å². The molecule has 0 spiro atoms. The van der Waals surface area contributed by atoms with Gasteiger partial charge in [-0.2, -0.15) is 9.61 Å². The number of carbonyl (C=O) groups is 2. The third-order valence-corrected chi connectivity index (χ3v) is 5.94. The Morgan fingerprint density at radius 1 is 0.970 bits per heavy atom. The van der Waals surface area contributed by atoms with Gasteiger partial charge in [0.25, 0.3) is 0 Å². The van der Waals surface area contributed by atoms with E-state index in [9.17, 15) is 9.59 Å². The highest BCUT2D eigenvalue weighted by Crippen LogP contribution is 2.25. The molecule has 9 heteroatoms. The topological polar surface area (TPSA) is 105 Å². The first-order chi connectivity index (χ1) is 16.1. The van der Waals surface area contributed by atoms with Crippen LogP contribution in [-0.2, 0) is 9.59 Å². The molecule has 33 heavy (non-hydrogen) atoms. The Bertz CT molecular complexity index is 1310. The quantitative estimate of drug-likeness (QED) is 0.522. The summed E-state index contributed by atoms with van der Waals surface area (Å²) in [6, 6.07) is 15.1. The van der Waals surface area contributed by atoms with Gasteiger partial charge in [-0.1, -0.05) is 12.1 Å². The molecule has 1 aliphatic heterocycles. The number of aromatic nitrogens is 5. The van der Waals surface area contributed by atoms with Crippen molar-refractivity contribution in [3.05, 3.63) is 60.9 Å². The largest absolute Gasteiger partial charge is 0.343 e. The number of nitrogens with zero attached hydrogens (tertiary/aromatic N) is 6. The number of fused-ring (bicyclic) bond motifs is 1. The maximum absolute atomic E-state index is 12.8. The molecule has 1 saturated heterocycles. The molecular weight excluding hydrogens is 418 g/mol. The van der Waals surface area contributed by atoms with Gasteiger partial charge < -0.3 is 10.2 Å². The lowest BCUT2D eigenvalue weighted by atomic mass is 9.95. The molecule has 0 unspecified atom stereocenters. The molecule has 0 aliphatic carbocycles. The molecule has 0 atom stereocenters. The van der Waals surface area contributed by atoms with Crippen LogP contribution in [0.25, 0.3) is 28.3 Å². The van der Waals surface area contributed by atoms with Crippen molar-refractivity contribution in [3.8, 4) is 22.6 Å². The minimum absolute atomic E-state index is 0.0162. The Morgan fingerprint density at radius 2 is 1.76 bits per heavy atom. The molecule has 0 bridgehead atoms. The number of amides is 2. The molecule has 5 rings (SSSR count). The number of hydrogen-bond donors (Lipinski definition) is 1. The highest BCUT2D eigenvalue weighted by molar-refractivity contribution is 5.93. The Balaban J connectivity index is 1.36. The fourth-order valence-electron chi connectivity index (χ4n) is 4.08. The summed E-state index contributed by atoms with van der Waals surface area (Å²) in [5, 5.41) is 16.2. The van der Waals surface area contributed by atoms with E-state index in [0.717, 1.165) is 16.8 Å². The maximum atomic E-state index is 12.8. The minimum atomic E-state index is -0.0984. The molecular formula is C24H23N7O2. The molecule has 2 amide bonds. The molecule has 4 aromatic rings. The monoisotopic (exact) mass is 441 g/mol. The minimum Gasteiger partial charge on any atom is -0.343 e. The molecule has 9 nitrogen and oxygen atoms in total. The molecule has 1 fully saturated rings. The molecule has 4 heterocycles. The zero-order valence-electron chi connectivity index (χ0n) is 18.2. The van der Waals surface area contributed by atoms with Crippen LogP contribution in [0.3, 0.4) is 0 Å². The van der Waals surface area contributed by atoms with Gasteiger partial charge in [0, 0.05) is 55.1 Å². The van der Waals surface area contributed by atoms with Gasteiger partial charge in [0.2, 0.25) is 11.8 Å². The summed E-state index contributed by atoms with van der Waals surface area (Å²) >= 11 is 0. The summed E-state index contributed by atoms with van der Waals surface area (Å²) in [5.74, 6) is 0.582. The van der Waals surface area contributed by atoms with Gasteiger partial charge in [0.1, 0.15) is 0 Å². The molecule has 1 aromatic carbocycles. The van der Waals surface area contributed by atoms with Crippen LogP contribution in [0.2, 0.25) is 0 Å². The normalized spacial score (nSPS) is 14.4. The lowest BCUT2D eigenvalue weighted by Crippen LogP contribution is -2.40. The number of likely N-dealkylation sites (tertiary alicyclic amines) is 1. The zero-order chi connectivity index (χ0) is 22.8. The van der Waals surface area contributed by atoms with Gasteiger partial charge in [-0.25, -0.2) is 0 Å². The molecule has 1 N–H and O–H groups in total. The predicted molar refractivity (Wildman–Crippen MR) is 123 cm³/mol. The van der Waals surface area contributed by atoms with Crippen LogP contribution in [0.1, 0.15) is 19.8 Å².